The Morgan fingerprint density at radius 2 is 2.06 bits per heavy atom. The molecule has 0 aliphatic rings. The Balaban J connectivity index is 2.86. The average molecular weight is 220 g/mol. The fourth-order valence-corrected chi connectivity index (χ4v) is 1.41. The van der Waals surface area contributed by atoms with E-state index in [1.807, 2.05) is 24.3 Å². The van der Waals surface area contributed by atoms with Gasteiger partial charge in [0.25, 0.3) is 5.91 Å². The summed E-state index contributed by atoms with van der Waals surface area (Å²) in [7, 11) is 0. The number of carbonyl (C=O) groups is 1. The molecule has 0 saturated heterocycles. The topological polar surface area (TPSA) is 55.1 Å². The van der Waals surface area contributed by atoms with E-state index in [0.29, 0.717) is 18.7 Å². The normalized spacial score (nSPS) is 11.2. The molecule has 0 radical (unpaired) electrons. The number of nitrogens with two attached hydrogens (primary N) is 1. The highest BCUT2D eigenvalue weighted by atomic mass is 16.1. The van der Waals surface area contributed by atoms with E-state index < -0.39 is 0 Å². The second kappa shape index (κ2) is 5.12. The van der Waals surface area contributed by atoms with Crippen LogP contribution in [0.3, 0.4) is 0 Å². The lowest BCUT2D eigenvalue weighted by molar-refractivity contribution is 0.0954. The molecule has 0 fully saturated rings. The molecule has 0 aliphatic heterocycles. The molecule has 88 valence electrons. The lowest BCUT2D eigenvalue weighted by Gasteiger charge is -2.19. The molecular weight excluding hydrogens is 200 g/mol. The zero-order valence-corrected chi connectivity index (χ0v) is 10.2. The second-order valence-corrected chi connectivity index (χ2v) is 4.88. The van der Waals surface area contributed by atoms with E-state index in [4.69, 9.17) is 5.73 Å². The largest absolute Gasteiger partial charge is 0.351 e. The van der Waals surface area contributed by atoms with Crippen LogP contribution < -0.4 is 11.1 Å². The molecule has 1 aromatic carbocycles. The Morgan fingerprint density at radius 3 is 2.62 bits per heavy atom. The van der Waals surface area contributed by atoms with Crippen molar-refractivity contribution in [3.8, 4) is 0 Å². The highest BCUT2D eigenvalue weighted by molar-refractivity contribution is 5.94. The summed E-state index contributed by atoms with van der Waals surface area (Å²) in [6, 6.07) is 7.71. The number of amides is 1. The molecule has 0 atom stereocenters. The number of benzene rings is 1. The standard InChI is InChI=1S/C13H20N2O/c1-13(2,3)11-6-4-5-10(9-11)12(16)15-8-7-14/h4-6,9H,7-8,14H2,1-3H3,(H,15,16). The second-order valence-electron chi connectivity index (χ2n) is 4.88. The van der Waals surface area contributed by atoms with Crippen molar-refractivity contribution in [1.82, 2.24) is 5.32 Å². The van der Waals surface area contributed by atoms with Crippen LogP contribution in [0.25, 0.3) is 0 Å². The van der Waals surface area contributed by atoms with Crippen molar-refractivity contribution in [3.63, 3.8) is 0 Å². The van der Waals surface area contributed by atoms with Crippen LogP contribution in [0, 0.1) is 0 Å². The van der Waals surface area contributed by atoms with E-state index in [9.17, 15) is 4.79 Å². The molecule has 1 aromatic rings. The van der Waals surface area contributed by atoms with Gasteiger partial charge in [-0.2, -0.15) is 0 Å². The highest BCUT2D eigenvalue weighted by Crippen LogP contribution is 2.22. The Kier molecular flexibility index (Phi) is 4.07. The molecular formula is C13H20N2O. The molecule has 1 rings (SSSR count). The van der Waals surface area contributed by atoms with E-state index in [1.54, 1.807) is 0 Å². The van der Waals surface area contributed by atoms with Crippen LogP contribution in [0.5, 0.6) is 0 Å². The van der Waals surface area contributed by atoms with E-state index in [0.717, 1.165) is 5.56 Å². The zero-order valence-electron chi connectivity index (χ0n) is 10.2. The number of carbonyl (C=O) groups excluding carboxylic acids is 1. The van der Waals surface area contributed by atoms with Crippen molar-refractivity contribution in [2.45, 2.75) is 26.2 Å². The van der Waals surface area contributed by atoms with Crippen molar-refractivity contribution in [2.24, 2.45) is 5.73 Å². The van der Waals surface area contributed by atoms with Gasteiger partial charge in [0.1, 0.15) is 0 Å². The van der Waals surface area contributed by atoms with E-state index in [2.05, 4.69) is 26.1 Å². The van der Waals surface area contributed by atoms with Gasteiger partial charge in [-0.25, -0.2) is 0 Å². The summed E-state index contributed by atoms with van der Waals surface area (Å²) < 4.78 is 0. The third kappa shape index (κ3) is 3.35. The van der Waals surface area contributed by atoms with Crippen LogP contribution in [0.2, 0.25) is 0 Å². The Hall–Kier alpha value is -1.35. The molecule has 0 heterocycles. The fourth-order valence-electron chi connectivity index (χ4n) is 1.41. The number of rotatable bonds is 3. The monoisotopic (exact) mass is 220 g/mol. The van der Waals surface area contributed by atoms with Crippen molar-refractivity contribution < 1.29 is 4.79 Å². The van der Waals surface area contributed by atoms with E-state index in [-0.39, 0.29) is 11.3 Å². The first-order valence-electron chi connectivity index (χ1n) is 5.54. The summed E-state index contributed by atoms with van der Waals surface area (Å²) in [6.07, 6.45) is 0. The van der Waals surface area contributed by atoms with Crippen molar-refractivity contribution in [2.75, 3.05) is 13.1 Å². The van der Waals surface area contributed by atoms with Gasteiger partial charge in [0.05, 0.1) is 0 Å². The average Bonchev–Trinajstić information content (AvgIpc) is 2.25. The van der Waals surface area contributed by atoms with Crippen LogP contribution in [-0.2, 0) is 5.41 Å². The fraction of sp³-hybridized carbons (Fsp3) is 0.462. The van der Waals surface area contributed by atoms with Crippen LogP contribution in [-0.4, -0.2) is 19.0 Å². The zero-order chi connectivity index (χ0) is 12.2. The van der Waals surface area contributed by atoms with Gasteiger partial charge in [0.2, 0.25) is 0 Å². The molecule has 16 heavy (non-hydrogen) atoms. The number of hydrogen-bond donors (Lipinski definition) is 2. The maximum absolute atomic E-state index is 11.7. The summed E-state index contributed by atoms with van der Waals surface area (Å²) in [4.78, 5) is 11.7. The molecule has 3 nitrogen and oxygen atoms in total. The minimum atomic E-state index is -0.0587. The Bertz CT molecular complexity index is 366. The Labute approximate surface area is 97.0 Å². The molecule has 3 heteroatoms. The summed E-state index contributed by atoms with van der Waals surface area (Å²) >= 11 is 0. The lowest BCUT2D eigenvalue weighted by atomic mass is 9.86. The third-order valence-corrected chi connectivity index (χ3v) is 2.42. The summed E-state index contributed by atoms with van der Waals surface area (Å²) in [5.74, 6) is -0.0587. The predicted octanol–water partition coefficient (Wildman–Crippen LogP) is 1.67. The molecule has 0 spiro atoms. The minimum Gasteiger partial charge on any atom is -0.351 e. The van der Waals surface area contributed by atoms with Crippen molar-refractivity contribution >= 4 is 5.91 Å². The van der Waals surface area contributed by atoms with Gasteiger partial charge >= 0.3 is 0 Å². The first-order valence-corrected chi connectivity index (χ1v) is 5.54. The smallest absolute Gasteiger partial charge is 0.251 e. The first-order chi connectivity index (χ1) is 7.45. The van der Waals surface area contributed by atoms with Crippen LogP contribution in [0.1, 0.15) is 36.7 Å². The van der Waals surface area contributed by atoms with Crippen LogP contribution >= 0.6 is 0 Å². The number of hydrogen-bond acceptors (Lipinski definition) is 2. The molecule has 0 saturated carbocycles. The van der Waals surface area contributed by atoms with Gasteiger partial charge in [-0.3, -0.25) is 4.79 Å². The minimum absolute atomic E-state index is 0.0587. The van der Waals surface area contributed by atoms with E-state index >= 15 is 0 Å². The van der Waals surface area contributed by atoms with Gasteiger partial charge in [0.15, 0.2) is 0 Å². The molecule has 0 bridgehead atoms. The first kappa shape index (κ1) is 12.7. The van der Waals surface area contributed by atoms with Gasteiger partial charge in [-0.15, -0.1) is 0 Å². The summed E-state index contributed by atoms with van der Waals surface area (Å²) in [5.41, 5.74) is 7.25. The van der Waals surface area contributed by atoms with Crippen molar-refractivity contribution in [1.29, 1.82) is 0 Å². The van der Waals surface area contributed by atoms with Gasteiger partial charge in [-0.05, 0) is 23.1 Å². The lowest BCUT2D eigenvalue weighted by Crippen LogP contribution is -2.29. The molecule has 1 amide bonds. The third-order valence-electron chi connectivity index (χ3n) is 2.42. The predicted molar refractivity (Wildman–Crippen MR) is 66.5 cm³/mol. The van der Waals surface area contributed by atoms with Crippen LogP contribution in [0.4, 0.5) is 0 Å². The summed E-state index contributed by atoms with van der Waals surface area (Å²) in [5, 5.41) is 2.76. The maximum atomic E-state index is 11.7. The maximum Gasteiger partial charge on any atom is 0.251 e. The van der Waals surface area contributed by atoms with E-state index in [1.165, 1.54) is 0 Å². The van der Waals surface area contributed by atoms with Gasteiger partial charge < -0.3 is 11.1 Å². The molecule has 0 aromatic heterocycles. The number of nitrogens with one attached hydrogen (secondary N) is 1. The SMILES string of the molecule is CC(C)(C)c1cccc(C(=O)NCCN)c1. The van der Waals surface area contributed by atoms with Crippen molar-refractivity contribution in [3.05, 3.63) is 35.4 Å². The molecule has 3 N–H and O–H groups in total. The van der Waals surface area contributed by atoms with Gasteiger partial charge in [0, 0.05) is 18.7 Å². The quantitative estimate of drug-likeness (QED) is 0.814. The highest BCUT2D eigenvalue weighted by Gasteiger charge is 2.15. The molecule has 0 unspecified atom stereocenters. The molecule has 0 aliphatic carbocycles. The Morgan fingerprint density at radius 1 is 1.38 bits per heavy atom. The van der Waals surface area contributed by atoms with Gasteiger partial charge in [-0.1, -0.05) is 32.9 Å². The van der Waals surface area contributed by atoms with Crippen LogP contribution in [0.15, 0.2) is 24.3 Å². The summed E-state index contributed by atoms with van der Waals surface area (Å²) in [6.45, 7) is 7.36.